The summed E-state index contributed by atoms with van der Waals surface area (Å²) < 4.78 is 1.10. The van der Waals surface area contributed by atoms with E-state index in [1.165, 1.54) is 11.1 Å². The Morgan fingerprint density at radius 1 is 0.867 bits per heavy atom. The van der Waals surface area contributed by atoms with Crippen molar-refractivity contribution < 1.29 is 5.73 Å². The van der Waals surface area contributed by atoms with Gasteiger partial charge in [-0.05, 0) is 12.1 Å². The Morgan fingerprint density at radius 3 is 2.20 bits per heavy atom. The second-order valence-corrected chi connectivity index (χ2v) is 4.43. The van der Waals surface area contributed by atoms with Gasteiger partial charge >= 0.3 is 0 Å². The van der Waals surface area contributed by atoms with Crippen LogP contribution in [0.5, 0.6) is 0 Å². The SMILES string of the molecule is [NH3+][C@@H](c1ccccc1)c1cccc(Br)c1. The van der Waals surface area contributed by atoms with Gasteiger partial charge in [-0.25, -0.2) is 0 Å². The van der Waals surface area contributed by atoms with E-state index in [0.717, 1.165) is 4.47 Å². The van der Waals surface area contributed by atoms with E-state index in [9.17, 15) is 0 Å². The average molecular weight is 263 g/mol. The monoisotopic (exact) mass is 262 g/mol. The minimum Gasteiger partial charge on any atom is -0.348 e. The van der Waals surface area contributed by atoms with Crippen LogP contribution in [0.3, 0.4) is 0 Å². The molecule has 3 N–H and O–H groups in total. The van der Waals surface area contributed by atoms with Crippen LogP contribution in [-0.4, -0.2) is 0 Å². The summed E-state index contributed by atoms with van der Waals surface area (Å²) in [6, 6.07) is 18.8. The van der Waals surface area contributed by atoms with Gasteiger partial charge in [0.2, 0.25) is 0 Å². The smallest absolute Gasteiger partial charge is 0.136 e. The zero-order valence-corrected chi connectivity index (χ0v) is 9.94. The van der Waals surface area contributed by atoms with E-state index >= 15 is 0 Å². The number of rotatable bonds is 2. The fourth-order valence-corrected chi connectivity index (χ4v) is 2.02. The van der Waals surface area contributed by atoms with Crippen LogP contribution < -0.4 is 5.73 Å². The predicted octanol–water partition coefficient (Wildman–Crippen LogP) is 2.78. The molecular formula is C13H13BrN+. The number of benzene rings is 2. The van der Waals surface area contributed by atoms with Gasteiger partial charge in [0, 0.05) is 15.6 Å². The first kappa shape index (κ1) is 10.4. The zero-order chi connectivity index (χ0) is 10.7. The van der Waals surface area contributed by atoms with Crippen LogP contribution in [0.4, 0.5) is 0 Å². The largest absolute Gasteiger partial charge is 0.348 e. The lowest BCUT2D eigenvalue weighted by Gasteiger charge is -2.09. The summed E-state index contributed by atoms with van der Waals surface area (Å²) in [5.41, 5.74) is 6.68. The second kappa shape index (κ2) is 4.60. The lowest BCUT2D eigenvalue weighted by atomic mass is 10.00. The standard InChI is InChI=1S/C13H12BrN/c14-12-8-4-7-11(9-12)13(15)10-5-2-1-3-6-10/h1-9,13H,15H2/p+1/t13-/m0/s1. The van der Waals surface area contributed by atoms with Gasteiger partial charge in [-0.1, -0.05) is 58.4 Å². The average Bonchev–Trinajstić information content (AvgIpc) is 2.29. The Balaban J connectivity index is 2.32. The first-order chi connectivity index (χ1) is 7.27. The van der Waals surface area contributed by atoms with Gasteiger partial charge in [0.05, 0.1) is 0 Å². The van der Waals surface area contributed by atoms with Gasteiger partial charge < -0.3 is 5.73 Å². The summed E-state index contributed by atoms with van der Waals surface area (Å²) in [7, 11) is 0. The third-order valence-electron chi connectivity index (χ3n) is 2.45. The van der Waals surface area contributed by atoms with Gasteiger partial charge in [0.1, 0.15) is 6.04 Å². The minimum atomic E-state index is 0.198. The summed E-state index contributed by atoms with van der Waals surface area (Å²) in [5, 5.41) is 0. The first-order valence-corrected chi connectivity index (χ1v) is 5.70. The minimum absolute atomic E-state index is 0.198. The highest BCUT2D eigenvalue weighted by molar-refractivity contribution is 9.10. The Labute approximate surface area is 98.1 Å². The number of hydrogen-bond donors (Lipinski definition) is 1. The van der Waals surface area contributed by atoms with Crippen molar-refractivity contribution >= 4 is 15.9 Å². The van der Waals surface area contributed by atoms with Gasteiger partial charge in [0.25, 0.3) is 0 Å². The Kier molecular flexibility index (Phi) is 3.19. The quantitative estimate of drug-likeness (QED) is 0.862. The molecule has 0 radical (unpaired) electrons. The van der Waals surface area contributed by atoms with Crippen molar-refractivity contribution in [3.05, 3.63) is 70.2 Å². The summed E-state index contributed by atoms with van der Waals surface area (Å²) >= 11 is 3.48. The van der Waals surface area contributed by atoms with Crippen molar-refractivity contribution in [1.29, 1.82) is 0 Å². The Morgan fingerprint density at radius 2 is 1.53 bits per heavy atom. The highest BCUT2D eigenvalue weighted by Crippen LogP contribution is 2.20. The molecule has 0 saturated heterocycles. The summed E-state index contributed by atoms with van der Waals surface area (Å²) in [6.45, 7) is 0. The van der Waals surface area contributed by atoms with E-state index in [0.29, 0.717) is 0 Å². The lowest BCUT2D eigenvalue weighted by molar-refractivity contribution is -0.411. The van der Waals surface area contributed by atoms with E-state index in [2.05, 4.69) is 45.9 Å². The van der Waals surface area contributed by atoms with Gasteiger partial charge in [-0.3, -0.25) is 0 Å². The van der Waals surface area contributed by atoms with E-state index in [1.807, 2.05) is 30.3 Å². The van der Waals surface area contributed by atoms with Crippen molar-refractivity contribution in [2.75, 3.05) is 0 Å². The number of halogens is 1. The molecule has 0 aliphatic carbocycles. The van der Waals surface area contributed by atoms with Crippen LogP contribution in [0.1, 0.15) is 17.2 Å². The highest BCUT2D eigenvalue weighted by Gasteiger charge is 2.11. The molecule has 76 valence electrons. The maximum absolute atomic E-state index is 4.20. The van der Waals surface area contributed by atoms with E-state index in [1.54, 1.807) is 0 Å². The third kappa shape index (κ3) is 2.46. The van der Waals surface area contributed by atoms with Crippen LogP contribution in [0.15, 0.2) is 59.1 Å². The number of hydrogen-bond acceptors (Lipinski definition) is 0. The molecule has 2 aromatic carbocycles. The molecule has 2 heteroatoms. The van der Waals surface area contributed by atoms with Crippen molar-refractivity contribution in [2.24, 2.45) is 0 Å². The molecule has 0 aliphatic rings. The highest BCUT2D eigenvalue weighted by atomic mass is 79.9. The second-order valence-electron chi connectivity index (χ2n) is 3.52. The predicted molar refractivity (Wildman–Crippen MR) is 65.3 cm³/mol. The molecule has 2 aromatic rings. The zero-order valence-electron chi connectivity index (χ0n) is 8.36. The topological polar surface area (TPSA) is 27.6 Å². The molecule has 0 spiro atoms. The summed E-state index contributed by atoms with van der Waals surface area (Å²) in [4.78, 5) is 0. The van der Waals surface area contributed by atoms with Crippen molar-refractivity contribution in [3.63, 3.8) is 0 Å². The van der Waals surface area contributed by atoms with Gasteiger partial charge in [-0.15, -0.1) is 0 Å². The van der Waals surface area contributed by atoms with Crippen molar-refractivity contribution in [2.45, 2.75) is 6.04 Å². The number of quaternary nitrogens is 1. The fourth-order valence-electron chi connectivity index (χ4n) is 1.60. The van der Waals surface area contributed by atoms with E-state index < -0.39 is 0 Å². The van der Waals surface area contributed by atoms with Crippen molar-refractivity contribution in [3.8, 4) is 0 Å². The Bertz CT molecular complexity index is 439. The van der Waals surface area contributed by atoms with Crippen LogP contribution in [-0.2, 0) is 0 Å². The Hall–Kier alpha value is -1.12. The van der Waals surface area contributed by atoms with Crippen LogP contribution in [0.2, 0.25) is 0 Å². The summed E-state index contributed by atoms with van der Waals surface area (Å²) in [5.74, 6) is 0. The van der Waals surface area contributed by atoms with E-state index in [4.69, 9.17) is 0 Å². The normalized spacial score (nSPS) is 12.4. The molecule has 0 aliphatic heterocycles. The third-order valence-corrected chi connectivity index (χ3v) is 2.95. The van der Waals surface area contributed by atoms with Gasteiger partial charge in [0.15, 0.2) is 0 Å². The van der Waals surface area contributed by atoms with Crippen molar-refractivity contribution in [1.82, 2.24) is 0 Å². The molecule has 0 bridgehead atoms. The van der Waals surface area contributed by atoms with Crippen LogP contribution in [0.25, 0.3) is 0 Å². The molecule has 0 aromatic heterocycles. The molecule has 2 rings (SSSR count). The van der Waals surface area contributed by atoms with Gasteiger partial charge in [-0.2, -0.15) is 0 Å². The molecular weight excluding hydrogens is 250 g/mol. The molecule has 0 saturated carbocycles. The first-order valence-electron chi connectivity index (χ1n) is 4.91. The molecule has 1 atom stereocenters. The lowest BCUT2D eigenvalue weighted by Crippen LogP contribution is -2.53. The maximum atomic E-state index is 4.20. The molecule has 15 heavy (non-hydrogen) atoms. The van der Waals surface area contributed by atoms with Crippen LogP contribution >= 0.6 is 15.9 Å². The fraction of sp³-hybridized carbons (Fsp3) is 0.0769. The molecule has 1 nitrogen and oxygen atoms in total. The molecule has 0 unspecified atom stereocenters. The maximum Gasteiger partial charge on any atom is 0.136 e. The summed E-state index contributed by atoms with van der Waals surface area (Å²) in [6.07, 6.45) is 0. The molecule has 0 fully saturated rings. The van der Waals surface area contributed by atoms with E-state index in [-0.39, 0.29) is 6.04 Å². The van der Waals surface area contributed by atoms with Crippen LogP contribution in [0, 0.1) is 0 Å². The molecule has 0 amide bonds. The molecule has 0 heterocycles.